The molecule has 1 unspecified atom stereocenters. The van der Waals surface area contributed by atoms with E-state index in [0.29, 0.717) is 24.4 Å². The minimum absolute atomic E-state index is 0.174. The highest BCUT2D eigenvalue weighted by Gasteiger charge is 2.28. The van der Waals surface area contributed by atoms with Gasteiger partial charge in [0.25, 0.3) is 10.0 Å². The summed E-state index contributed by atoms with van der Waals surface area (Å²) in [7, 11) is -2.50. The number of esters is 1. The van der Waals surface area contributed by atoms with Gasteiger partial charge in [-0.2, -0.15) is 0 Å². The number of nitrogens with one attached hydrogen (secondary N) is 1. The van der Waals surface area contributed by atoms with Crippen molar-refractivity contribution in [3.8, 4) is 0 Å². The van der Waals surface area contributed by atoms with Crippen molar-refractivity contribution >= 4 is 32.8 Å². The van der Waals surface area contributed by atoms with E-state index in [1.807, 2.05) is 6.92 Å². The van der Waals surface area contributed by atoms with E-state index in [-0.39, 0.29) is 17.1 Å². The SMILES string of the molecule is COC(=O)C1CN(Nc2ncnc3c2ccn3S(=O)(=O)c2ccc(C)cc2)CCO1. The van der Waals surface area contributed by atoms with Crippen LogP contribution in [0.5, 0.6) is 0 Å². The second kappa shape index (κ2) is 8.01. The van der Waals surface area contributed by atoms with Crippen LogP contribution in [0.2, 0.25) is 0 Å². The molecule has 1 saturated heterocycles. The van der Waals surface area contributed by atoms with Gasteiger partial charge in [0.1, 0.15) is 6.33 Å². The van der Waals surface area contributed by atoms with Gasteiger partial charge in [0, 0.05) is 12.7 Å². The highest BCUT2D eigenvalue weighted by atomic mass is 32.2. The van der Waals surface area contributed by atoms with E-state index in [1.54, 1.807) is 35.3 Å². The van der Waals surface area contributed by atoms with Crippen LogP contribution < -0.4 is 5.43 Å². The van der Waals surface area contributed by atoms with Crippen LogP contribution in [0.25, 0.3) is 11.0 Å². The fourth-order valence-corrected chi connectivity index (χ4v) is 4.51. The first kappa shape index (κ1) is 20.3. The molecule has 1 aromatic carbocycles. The summed E-state index contributed by atoms with van der Waals surface area (Å²) in [6.45, 7) is 3.01. The van der Waals surface area contributed by atoms with Crippen molar-refractivity contribution in [3.05, 3.63) is 48.4 Å². The van der Waals surface area contributed by atoms with Crippen molar-refractivity contribution in [1.29, 1.82) is 0 Å². The van der Waals surface area contributed by atoms with Gasteiger partial charge in [0.2, 0.25) is 0 Å². The van der Waals surface area contributed by atoms with Crippen LogP contribution in [0, 0.1) is 6.92 Å². The first-order valence-electron chi connectivity index (χ1n) is 9.25. The summed E-state index contributed by atoms with van der Waals surface area (Å²) in [4.78, 5) is 20.3. The molecule has 0 spiro atoms. The van der Waals surface area contributed by atoms with E-state index < -0.39 is 22.1 Å². The monoisotopic (exact) mass is 431 g/mol. The fourth-order valence-electron chi connectivity index (χ4n) is 3.21. The van der Waals surface area contributed by atoms with Gasteiger partial charge in [-0.05, 0) is 25.1 Å². The lowest BCUT2D eigenvalue weighted by molar-refractivity contribution is -0.159. The summed E-state index contributed by atoms with van der Waals surface area (Å²) in [5, 5.41) is 2.31. The van der Waals surface area contributed by atoms with Crippen molar-refractivity contribution in [1.82, 2.24) is 18.9 Å². The van der Waals surface area contributed by atoms with Crippen LogP contribution in [0.1, 0.15) is 5.56 Å². The molecule has 3 heterocycles. The molecule has 2 aromatic heterocycles. The molecule has 0 amide bonds. The van der Waals surface area contributed by atoms with Gasteiger partial charge in [-0.15, -0.1) is 0 Å². The molecule has 1 aliphatic rings. The number of carbonyl (C=O) groups excluding carboxylic acids is 1. The molecule has 30 heavy (non-hydrogen) atoms. The number of rotatable bonds is 5. The minimum Gasteiger partial charge on any atom is -0.467 e. The number of aryl methyl sites for hydroxylation is 1. The zero-order valence-corrected chi connectivity index (χ0v) is 17.3. The lowest BCUT2D eigenvalue weighted by Crippen LogP contribution is -2.48. The van der Waals surface area contributed by atoms with Gasteiger partial charge in [-0.25, -0.2) is 32.2 Å². The number of aromatic nitrogens is 3. The Hall–Kier alpha value is -3.02. The molecule has 10 nitrogen and oxygen atoms in total. The van der Waals surface area contributed by atoms with Crippen LogP contribution >= 0.6 is 0 Å². The van der Waals surface area contributed by atoms with Crippen LogP contribution in [-0.4, -0.2) is 66.2 Å². The van der Waals surface area contributed by atoms with E-state index in [0.717, 1.165) is 9.54 Å². The second-order valence-corrected chi connectivity index (χ2v) is 8.64. The minimum atomic E-state index is -3.81. The number of morpholine rings is 1. The largest absolute Gasteiger partial charge is 0.467 e. The molecular formula is C19H21N5O5S. The van der Waals surface area contributed by atoms with Crippen molar-refractivity contribution in [2.75, 3.05) is 32.2 Å². The van der Waals surface area contributed by atoms with Crippen molar-refractivity contribution in [2.45, 2.75) is 17.9 Å². The smallest absolute Gasteiger partial charge is 0.336 e. The summed E-state index contributed by atoms with van der Waals surface area (Å²) in [5.41, 5.74) is 4.35. The second-order valence-electron chi connectivity index (χ2n) is 6.83. The Morgan fingerprint density at radius 3 is 2.73 bits per heavy atom. The predicted molar refractivity (Wildman–Crippen MR) is 108 cm³/mol. The highest BCUT2D eigenvalue weighted by molar-refractivity contribution is 7.90. The van der Waals surface area contributed by atoms with Gasteiger partial charge < -0.3 is 14.9 Å². The molecule has 1 atom stereocenters. The average Bonchev–Trinajstić information content (AvgIpc) is 3.20. The Balaban J connectivity index is 1.64. The molecule has 0 bridgehead atoms. The van der Waals surface area contributed by atoms with Crippen molar-refractivity contribution in [2.24, 2.45) is 0 Å². The molecule has 0 aliphatic carbocycles. The molecule has 3 aromatic rings. The van der Waals surface area contributed by atoms with Crippen LogP contribution in [0.15, 0.2) is 47.8 Å². The lowest BCUT2D eigenvalue weighted by Gasteiger charge is -2.31. The maximum absolute atomic E-state index is 13.1. The molecule has 158 valence electrons. The lowest BCUT2D eigenvalue weighted by atomic mass is 10.2. The fraction of sp³-hybridized carbons (Fsp3) is 0.316. The Bertz CT molecular complexity index is 1180. The third-order valence-electron chi connectivity index (χ3n) is 4.82. The average molecular weight is 431 g/mol. The highest BCUT2D eigenvalue weighted by Crippen LogP contribution is 2.25. The molecule has 1 aliphatic heterocycles. The summed E-state index contributed by atoms with van der Waals surface area (Å²) < 4.78 is 37.4. The van der Waals surface area contributed by atoms with E-state index in [1.165, 1.54) is 19.6 Å². The van der Waals surface area contributed by atoms with Crippen LogP contribution in [0.3, 0.4) is 0 Å². The number of methoxy groups -OCH3 is 1. The zero-order chi connectivity index (χ0) is 21.3. The summed E-state index contributed by atoms with van der Waals surface area (Å²) >= 11 is 0. The molecule has 1 fully saturated rings. The number of anilines is 1. The number of hydrazine groups is 1. The maximum Gasteiger partial charge on any atom is 0.336 e. The Kier molecular flexibility index (Phi) is 5.41. The van der Waals surface area contributed by atoms with E-state index in [2.05, 4.69) is 15.4 Å². The van der Waals surface area contributed by atoms with Gasteiger partial charge in [0.15, 0.2) is 17.6 Å². The van der Waals surface area contributed by atoms with Crippen LogP contribution in [-0.2, 0) is 24.3 Å². The molecule has 1 N–H and O–H groups in total. The van der Waals surface area contributed by atoms with Gasteiger partial charge in [0.05, 0.1) is 30.5 Å². The maximum atomic E-state index is 13.1. The normalized spacial score (nSPS) is 17.7. The summed E-state index contributed by atoms with van der Waals surface area (Å²) in [6.07, 6.45) is 2.04. The standard InChI is InChI=1S/C19H21N5O5S/c1-13-3-5-14(6-4-13)30(26,27)24-8-7-15-17(20-12-21-18(15)24)22-23-9-10-29-16(11-23)19(25)28-2/h3-8,12,16H,9-11H2,1-2H3,(H,20,21,22). The Morgan fingerprint density at radius 2 is 2.00 bits per heavy atom. The first-order chi connectivity index (χ1) is 14.4. The molecule has 4 rings (SSSR count). The third-order valence-corrected chi connectivity index (χ3v) is 6.50. The number of hydrogen-bond acceptors (Lipinski definition) is 9. The number of fused-ring (bicyclic) bond motifs is 1. The molecule has 0 saturated carbocycles. The Labute approximate surface area is 173 Å². The third kappa shape index (κ3) is 3.74. The quantitative estimate of drug-likeness (QED) is 0.595. The molecule has 0 radical (unpaired) electrons. The number of hydrogen-bond donors (Lipinski definition) is 1. The summed E-state index contributed by atoms with van der Waals surface area (Å²) in [5.74, 6) is -0.0203. The van der Waals surface area contributed by atoms with Gasteiger partial charge in [-0.1, -0.05) is 17.7 Å². The predicted octanol–water partition coefficient (Wildman–Crippen LogP) is 1.18. The van der Waals surface area contributed by atoms with Crippen LogP contribution in [0.4, 0.5) is 5.82 Å². The number of carbonyl (C=O) groups is 1. The van der Waals surface area contributed by atoms with Crippen molar-refractivity contribution in [3.63, 3.8) is 0 Å². The number of ether oxygens (including phenoxy) is 2. The summed E-state index contributed by atoms with van der Waals surface area (Å²) in [6, 6.07) is 8.27. The van der Waals surface area contributed by atoms with E-state index in [4.69, 9.17) is 9.47 Å². The van der Waals surface area contributed by atoms with Crippen molar-refractivity contribution < 1.29 is 22.7 Å². The van der Waals surface area contributed by atoms with Gasteiger partial charge in [-0.3, -0.25) is 0 Å². The van der Waals surface area contributed by atoms with E-state index >= 15 is 0 Å². The number of benzene rings is 1. The topological polar surface area (TPSA) is 116 Å². The Morgan fingerprint density at radius 1 is 1.23 bits per heavy atom. The van der Waals surface area contributed by atoms with E-state index in [9.17, 15) is 13.2 Å². The van der Waals surface area contributed by atoms with Gasteiger partial charge >= 0.3 is 5.97 Å². The first-order valence-corrected chi connectivity index (χ1v) is 10.7. The molecular weight excluding hydrogens is 410 g/mol. The molecule has 11 heteroatoms. The number of nitrogens with zero attached hydrogens (tertiary/aromatic N) is 4. The zero-order valence-electron chi connectivity index (χ0n) is 16.5.